The molecule has 0 aromatic carbocycles. The topological polar surface area (TPSA) is 481 Å². The first-order valence-corrected chi connectivity index (χ1v) is 25.8. The van der Waals surface area contributed by atoms with Crippen molar-refractivity contribution >= 4 is 0 Å². The highest BCUT2D eigenvalue weighted by atomic mass is 16.8. The van der Waals surface area contributed by atoms with E-state index < -0.39 is 230 Å². The average Bonchev–Trinajstić information content (AvgIpc) is 3.42. The smallest absolute Gasteiger partial charge is 0.197 e. The van der Waals surface area contributed by atoms with E-state index in [1.165, 1.54) is 13.8 Å². The van der Waals surface area contributed by atoms with Gasteiger partial charge in [-0.05, 0) is 26.8 Å². The number of ether oxygens (including phenoxy) is 12. The molecule has 0 radical (unpaired) electrons. The van der Waals surface area contributed by atoms with Crippen molar-refractivity contribution in [1.82, 2.24) is 9.80 Å². The molecule has 7 aliphatic heterocycles. The predicted octanol–water partition coefficient (Wildman–Crippen LogP) is -12.0. The molecule has 7 rings (SSSR count). The Morgan fingerprint density at radius 1 is 0.377 bits per heavy atom. The van der Waals surface area contributed by atoms with Crippen LogP contribution < -0.4 is 0 Å². The van der Waals surface area contributed by atoms with Gasteiger partial charge in [-0.15, -0.1) is 0 Å². The fourth-order valence-corrected chi connectivity index (χ4v) is 10.4. The van der Waals surface area contributed by atoms with Crippen molar-refractivity contribution in [2.75, 3.05) is 79.0 Å². The Labute approximate surface area is 441 Å². The Hall–Kier alpha value is -1.28. The number of hydrogen-bond acceptors (Lipinski definition) is 32. The molecule has 32 heteroatoms. The molecule has 0 aromatic heterocycles. The standard InChI is InChI=1S/C45H80N2O30/c1-16-26(53)38(76-43-35(62)33(60)28(55)20(11-50)73-43)31(58)23(68-16)14-66-42-37(64)40(30(57)22(13-52)72-42)75-25-8-46(6-18(9-48)70-25)4-3-5-47-7-19(10-49)71-45(41(47)65)67-15-24-32(59)39(27(54)17(2)69-24)77-44-36(63)34(61)29(56)21(12-51)74-44/h16-45,48-65H,3-15H2,1-2H3. The lowest BCUT2D eigenvalue weighted by atomic mass is 9.94. The highest BCUT2D eigenvalue weighted by Gasteiger charge is 2.54. The largest absolute Gasteiger partial charge is 0.394 e. The van der Waals surface area contributed by atoms with Gasteiger partial charge in [-0.3, -0.25) is 9.80 Å². The van der Waals surface area contributed by atoms with Crippen LogP contribution in [0.15, 0.2) is 0 Å². The first kappa shape index (κ1) is 63.3. The minimum atomic E-state index is -1.85. The van der Waals surface area contributed by atoms with E-state index in [-0.39, 0.29) is 26.2 Å². The van der Waals surface area contributed by atoms with E-state index in [9.17, 15) is 91.9 Å². The molecule has 32 nitrogen and oxygen atoms in total. The maximum atomic E-state index is 11.5. The average molecular weight is 1130 g/mol. The third kappa shape index (κ3) is 14.6. The van der Waals surface area contributed by atoms with Gasteiger partial charge in [0.2, 0.25) is 0 Å². The van der Waals surface area contributed by atoms with Gasteiger partial charge >= 0.3 is 0 Å². The Kier molecular flexibility index (Phi) is 23.3. The van der Waals surface area contributed by atoms with Crippen molar-refractivity contribution in [2.45, 2.75) is 204 Å². The third-order valence-electron chi connectivity index (χ3n) is 15.0. The highest BCUT2D eigenvalue weighted by Crippen LogP contribution is 2.34. The van der Waals surface area contributed by atoms with Crippen LogP contribution in [0.2, 0.25) is 0 Å². The molecular formula is C45H80N2O30. The second-order valence-electron chi connectivity index (χ2n) is 20.5. The SMILES string of the molecule is CC1OC(COC2OC(CO)C(O)C(OC3CN(CCCN4CC(CO)OC(OCC5OC(C)C(O)C(OC6OC(CO)C(O)C(O)C6O)C5O)C4O)CC(CO)O3)C2O)C(O)C(OC2OC(CO)C(O)C(O)C2O)C1O. The van der Waals surface area contributed by atoms with E-state index in [0.717, 1.165) is 0 Å². The van der Waals surface area contributed by atoms with Gasteiger partial charge in [-0.2, -0.15) is 0 Å². The Bertz CT molecular complexity index is 1760. The molecule has 0 aromatic rings. The molecule has 0 saturated carbocycles. The molecule has 7 fully saturated rings. The van der Waals surface area contributed by atoms with Gasteiger partial charge in [-0.1, -0.05) is 0 Å². The number of morpholine rings is 2. The quantitative estimate of drug-likeness (QED) is 0.0507. The van der Waals surface area contributed by atoms with Crippen molar-refractivity contribution in [2.24, 2.45) is 0 Å². The summed E-state index contributed by atoms with van der Waals surface area (Å²) in [7, 11) is 0. The summed E-state index contributed by atoms with van der Waals surface area (Å²) in [5.41, 5.74) is 0. The summed E-state index contributed by atoms with van der Waals surface area (Å²) < 4.78 is 68.9. The molecule has 450 valence electrons. The molecule has 18 N–H and O–H groups in total. The van der Waals surface area contributed by atoms with E-state index in [2.05, 4.69) is 0 Å². The van der Waals surface area contributed by atoms with Crippen molar-refractivity contribution in [1.29, 1.82) is 0 Å². The zero-order chi connectivity index (χ0) is 56.2. The Balaban J connectivity index is 0.913. The molecule has 30 atom stereocenters. The summed E-state index contributed by atoms with van der Waals surface area (Å²) in [6.45, 7) is -0.534. The summed E-state index contributed by atoms with van der Waals surface area (Å²) >= 11 is 0. The fourth-order valence-electron chi connectivity index (χ4n) is 10.4. The summed E-state index contributed by atoms with van der Waals surface area (Å²) in [6.07, 6.45) is -44.1. The lowest BCUT2D eigenvalue weighted by Crippen LogP contribution is -2.65. The molecule has 0 bridgehead atoms. The zero-order valence-corrected chi connectivity index (χ0v) is 42.4. The highest BCUT2D eigenvalue weighted by molar-refractivity contribution is 4.98. The van der Waals surface area contributed by atoms with Gasteiger partial charge in [0, 0.05) is 26.2 Å². The molecule has 77 heavy (non-hydrogen) atoms. The maximum absolute atomic E-state index is 11.5. The number of aliphatic hydroxyl groups excluding tert-OH is 18. The van der Waals surface area contributed by atoms with Crippen LogP contribution in [0, 0.1) is 0 Å². The zero-order valence-electron chi connectivity index (χ0n) is 42.4. The van der Waals surface area contributed by atoms with Crippen LogP contribution in [0.3, 0.4) is 0 Å². The van der Waals surface area contributed by atoms with E-state index >= 15 is 0 Å². The molecule has 0 aliphatic carbocycles. The number of rotatable bonds is 21. The maximum Gasteiger partial charge on any atom is 0.197 e. The Morgan fingerprint density at radius 2 is 0.818 bits per heavy atom. The summed E-state index contributed by atoms with van der Waals surface area (Å²) in [5, 5.41) is 190. The number of aliphatic hydroxyl groups is 18. The van der Waals surface area contributed by atoms with Gasteiger partial charge in [0.25, 0.3) is 0 Å². The molecule has 7 heterocycles. The predicted molar refractivity (Wildman–Crippen MR) is 245 cm³/mol. The molecular weight excluding hydrogens is 1050 g/mol. The van der Waals surface area contributed by atoms with Crippen LogP contribution in [0.4, 0.5) is 0 Å². The lowest BCUT2D eigenvalue weighted by molar-refractivity contribution is -0.352. The van der Waals surface area contributed by atoms with E-state index in [1.807, 2.05) is 4.90 Å². The monoisotopic (exact) mass is 1130 g/mol. The van der Waals surface area contributed by atoms with Crippen LogP contribution in [-0.2, 0) is 56.8 Å². The number of nitrogens with zero attached hydrogens (tertiary/aromatic N) is 2. The van der Waals surface area contributed by atoms with Crippen LogP contribution in [0.5, 0.6) is 0 Å². The van der Waals surface area contributed by atoms with Crippen LogP contribution >= 0.6 is 0 Å². The molecule has 7 saturated heterocycles. The van der Waals surface area contributed by atoms with Crippen molar-refractivity contribution < 1.29 is 149 Å². The minimum absolute atomic E-state index is 0.0232. The molecule has 7 aliphatic rings. The van der Waals surface area contributed by atoms with Gasteiger partial charge in [0.1, 0.15) is 122 Å². The first-order valence-electron chi connectivity index (χ1n) is 25.8. The van der Waals surface area contributed by atoms with Gasteiger partial charge in [-0.25, -0.2) is 0 Å². The van der Waals surface area contributed by atoms with Gasteiger partial charge in [0.15, 0.2) is 37.7 Å². The lowest BCUT2D eigenvalue weighted by Gasteiger charge is -2.47. The van der Waals surface area contributed by atoms with E-state index in [1.54, 1.807) is 4.90 Å². The second kappa shape index (κ2) is 28.3. The van der Waals surface area contributed by atoms with E-state index in [4.69, 9.17) is 56.8 Å². The molecule has 30 unspecified atom stereocenters. The second-order valence-corrected chi connectivity index (χ2v) is 20.5. The van der Waals surface area contributed by atoms with Gasteiger partial charge < -0.3 is 149 Å². The number of hydrogen-bond donors (Lipinski definition) is 18. The first-order chi connectivity index (χ1) is 36.6. The molecule has 0 amide bonds. The normalized spacial score (nSPS) is 49.7. The van der Waals surface area contributed by atoms with Gasteiger partial charge in [0.05, 0.1) is 70.7 Å². The van der Waals surface area contributed by atoms with Crippen LogP contribution in [0.25, 0.3) is 0 Å². The van der Waals surface area contributed by atoms with Crippen LogP contribution in [-0.4, -0.2) is 365 Å². The molecule has 0 spiro atoms. The van der Waals surface area contributed by atoms with Crippen molar-refractivity contribution in [3.8, 4) is 0 Å². The third-order valence-corrected chi connectivity index (χ3v) is 15.0. The van der Waals surface area contributed by atoms with Crippen molar-refractivity contribution in [3.63, 3.8) is 0 Å². The van der Waals surface area contributed by atoms with E-state index in [0.29, 0.717) is 13.0 Å². The van der Waals surface area contributed by atoms with Crippen molar-refractivity contribution in [3.05, 3.63) is 0 Å². The summed E-state index contributed by atoms with van der Waals surface area (Å²) in [4.78, 5) is 3.44. The fraction of sp³-hybridized carbons (Fsp3) is 1.00. The summed E-state index contributed by atoms with van der Waals surface area (Å²) in [5.74, 6) is 0. The van der Waals surface area contributed by atoms with Crippen LogP contribution in [0.1, 0.15) is 20.3 Å². The Morgan fingerprint density at radius 3 is 1.31 bits per heavy atom. The summed E-state index contributed by atoms with van der Waals surface area (Å²) in [6, 6.07) is 0. The minimum Gasteiger partial charge on any atom is -0.394 e.